The number of benzene rings is 2. The lowest BCUT2D eigenvalue weighted by Gasteiger charge is -2.12. The van der Waals surface area contributed by atoms with Crippen molar-refractivity contribution in [1.29, 1.82) is 0 Å². The third-order valence-corrected chi connectivity index (χ3v) is 5.29. The molecule has 0 N–H and O–H groups in total. The summed E-state index contributed by atoms with van der Waals surface area (Å²) in [5.41, 5.74) is 7.74. The van der Waals surface area contributed by atoms with Crippen molar-refractivity contribution in [2.24, 2.45) is 0 Å². The van der Waals surface area contributed by atoms with Crippen molar-refractivity contribution in [3.8, 4) is 11.3 Å². The van der Waals surface area contributed by atoms with Crippen LogP contribution in [0.25, 0.3) is 33.1 Å². The molecule has 1 aliphatic heterocycles. The van der Waals surface area contributed by atoms with Gasteiger partial charge in [0.1, 0.15) is 0 Å². The summed E-state index contributed by atoms with van der Waals surface area (Å²) in [4.78, 5) is 5.07. The van der Waals surface area contributed by atoms with Crippen molar-refractivity contribution in [1.82, 2.24) is 9.55 Å². The topological polar surface area (TPSA) is 17.8 Å². The van der Waals surface area contributed by atoms with Gasteiger partial charge < -0.3 is 4.57 Å². The zero-order chi connectivity index (χ0) is 16.1. The van der Waals surface area contributed by atoms with Crippen LogP contribution in [0.1, 0.15) is 24.1 Å². The summed E-state index contributed by atoms with van der Waals surface area (Å²) in [5, 5.41) is 2.70. The number of pyridine rings is 1. The van der Waals surface area contributed by atoms with Gasteiger partial charge in [0.2, 0.25) is 0 Å². The molecule has 0 amide bonds. The van der Waals surface area contributed by atoms with Crippen molar-refractivity contribution >= 4 is 21.8 Å². The Morgan fingerprint density at radius 2 is 1.71 bits per heavy atom. The number of hydrogen-bond acceptors (Lipinski definition) is 1. The Balaban J connectivity index is 1.98. The molecule has 2 nitrogen and oxygen atoms in total. The smallest absolute Gasteiger partial charge is 0.0758 e. The first-order chi connectivity index (χ1) is 11.8. The minimum absolute atomic E-state index is 1.11. The molecule has 0 saturated heterocycles. The highest BCUT2D eigenvalue weighted by molar-refractivity contribution is 6.11. The number of rotatable bonds is 1. The van der Waals surface area contributed by atoms with E-state index in [0.717, 1.165) is 18.7 Å². The maximum Gasteiger partial charge on any atom is 0.0758 e. The molecular weight excluding hydrogens is 292 g/mol. The molecule has 5 rings (SSSR count). The first-order valence-corrected chi connectivity index (χ1v) is 8.80. The van der Waals surface area contributed by atoms with Crippen molar-refractivity contribution in [3.63, 3.8) is 0 Å². The molecule has 0 fully saturated rings. The van der Waals surface area contributed by atoms with E-state index >= 15 is 0 Å². The van der Waals surface area contributed by atoms with E-state index in [9.17, 15) is 0 Å². The van der Waals surface area contributed by atoms with E-state index < -0.39 is 0 Å². The third-order valence-electron chi connectivity index (χ3n) is 5.29. The minimum atomic E-state index is 1.11. The number of nitrogens with zero attached hydrogens (tertiary/aromatic N) is 2. The number of para-hydroxylation sites is 1. The van der Waals surface area contributed by atoms with Gasteiger partial charge >= 0.3 is 0 Å². The van der Waals surface area contributed by atoms with Crippen molar-refractivity contribution < 1.29 is 0 Å². The van der Waals surface area contributed by atoms with E-state index in [1.165, 1.54) is 51.5 Å². The molecule has 24 heavy (non-hydrogen) atoms. The highest BCUT2D eigenvalue weighted by atomic mass is 15.0. The molecule has 4 aromatic rings. The first-order valence-electron chi connectivity index (χ1n) is 8.80. The van der Waals surface area contributed by atoms with Gasteiger partial charge in [0.25, 0.3) is 0 Å². The van der Waals surface area contributed by atoms with Crippen LogP contribution in [0.4, 0.5) is 0 Å². The lowest BCUT2D eigenvalue weighted by molar-refractivity contribution is 0.657. The van der Waals surface area contributed by atoms with E-state index in [-0.39, 0.29) is 0 Å². The average molecular weight is 312 g/mol. The fourth-order valence-electron chi connectivity index (χ4n) is 4.26. The van der Waals surface area contributed by atoms with Crippen LogP contribution in [-0.4, -0.2) is 9.55 Å². The molecule has 0 saturated carbocycles. The van der Waals surface area contributed by atoms with Gasteiger partial charge in [-0.1, -0.05) is 48.5 Å². The predicted octanol–water partition coefficient (Wildman–Crippen LogP) is 5.50. The van der Waals surface area contributed by atoms with Crippen LogP contribution < -0.4 is 0 Å². The van der Waals surface area contributed by atoms with Gasteiger partial charge in [-0.2, -0.15) is 0 Å². The average Bonchev–Trinajstić information content (AvgIpc) is 2.80. The van der Waals surface area contributed by atoms with Crippen LogP contribution in [0, 0.1) is 6.92 Å². The standard InChI is InChI=1S/C22H20N2/c1-15-20-17-11-5-6-13-19(17)24-14-8-7-12-18(22(20)24)21(23-15)16-9-3-2-4-10-16/h2-6,9-11,13H,7-8,12,14H2,1H3. The maximum absolute atomic E-state index is 5.07. The van der Waals surface area contributed by atoms with Crippen LogP contribution in [0.15, 0.2) is 54.6 Å². The van der Waals surface area contributed by atoms with Gasteiger partial charge in [-0.25, -0.2) is 0 Å². The quantitative estimate of drug-likeness (QED) is 0.454. The molecule has 2 heteroatoms. The van der Waals surface area contributed by atoms with E-state index in [1.807, 2.05) is 0 Å². The molecule has 0 radical (unpaired) electrons. The Morgan fingerprint density at radius 1 is 0.917 bits per heavy atom. The fourth-order valence-corrected chi connectivity index (χ4v) is 4.26. The molecule has 0 bridgehead atoms. The van der Waals surface area contributed by atoms with Gasteiger partial charge in [-0.05, 0) is 32.3 Å². The number of aryl methyl sites for hydroxylation is 3. The Morgan fingerprint density at radius 3 is 2.58 bits per heavy atom. The van der Waals surface area contributed by atoms with Crippen molar-refractivity contribution in [2.75, 3.05) is 0 Å². The van der Waals surface area contributed by atoms with Gasteiger partial charge in [0, 0.05) is 39.7 Å². The van der Waals surface area contributed by atoms with E-state index in [0.29, 0.717) is 0 Å². The molecule has 0 spiro atoms. The van der Waals surface area contributed by atoms with Gasteiger partial charge in [-0.3, -0.25) is 4.98 Å². The largest absolute Gasteiger partial charge is 0.340 e. The summed E-state index contributed by atoms with van der Waals surface area (Å²) < 4.78 is 2.54. The first kappa shape index (κ1) is 13.8. The summed E-state index contributed by atoms with van der Waals surface area (Å²) in [6.07, 6.45) is 3.58. The van der Waals surface area contributed by atoms with Gasteiger partial charge in [0.05, 0.1) is 11.2 Å². The lowest BCUT2D eigenvalue weighted by Crippen LogP contribution is -1.99. The van der Waals surface area contributed by atoms with Gasteiger partial charge in [-0.15, -0.1) is 0 Å². The highest BCUT2D eigenvalue weighted by Gasteiger charge is 2.22. The van der Waals surface area contributed by atoms with E-state index in [2.05, 4.69) is 66.1 Å². The van der Waals surface area contributed by atoms with Gasteiger partial charge in [0.15, 0.2) is 0 Å². The summed E-state index contributed by atoms with van der Waals surface area (Å²) in [6, 6.07) is 19.4. The Labute approximate surface area is 141 Å². The number of aromatic nitrogens is 2. The zero-order valence-electron chi connectivity index (χ0n) is 13.9. The second-order valence-corrected chi connectivity index (χ2v) is 6.74. The lowest BCUT2D eigenvalue weighted by atomic mass is 9.98. The normalized spacial score (nSPS) is 14.2. The monoisotopic (exact) mass is 312 g/mol. The Kier molecular flexibility index (Phi) is 2.99. The fraction of sp³-hybridized carbons (Fsp3) is 0.227. The number of fused-ring (bicyclic) bond motifs is 3. The van der Waals surface area contributed by atoms with E-state index in [1.54, 1.807) is 0 Å². The van der Waals surface area contributed by atoms with Crippen molar-refractivity contribution in [2.45, 2.75) is 32.7 Å². The second-order valence-electron chi connectivity index (χ2n) is 6.74. The second kappa shape index (κ2) is 5.20. The molecule has 0 atom stereocenters. The molecular formula is C22H20N2. The van der Waals surface area contributed by atoms with Crippen molar-refractivity contribution in [3.05, 3.63) is 65.9 Å². The molecule has 0 unspecified atom stereocenters. The molecule has 2 aromatic carbocycles. The molecule has 118 valence electrons. The summed E-state index contributed by atoms with van der Waals surface area (Å²) in [7, 11) is 0. The highest BCUT2D eigenvalue weighted by Crippen LogP contribution is 2.39. The molecule has 1 aliphatic rings. The summed E-state index contributed by atoms with van der Waals surface area (Å²) in [6.45, 7) is 3.27. The molecule has 0 aliphatic carbocycles. The summed E-state index contributed by atoms with van der Waals surface area (Å²) >= 11 is 0. The minimum Gasteiger partial charge on any atom is -0.340 e. The molecule has 2 aromatic heterocycles. The maximum atomic E-state index is 5.07. The SMILES string of the molecule is Cc1nc(-c2ccccc2)c2c3c1c1ccccc1n3CCCC2. The van der Waals surface area contributed by atoms with Crippen LogP contribution >= 0.6 is 0 Å². The Hall–Kier alpha value is -2.61. The molecule has 3 heterocycles. The van der Waals surface area contributed by atoms with Crippen LogP contribution in [0.2, 0.25) is 0 Å². The zero-order valence-corrected chi connectivity index (χ0v) is 13.9. The van der Waals surface area contributed by atoms with Crippen LogP contribution in [0.3, 0.4) is 0 Å². The van der Waals surface area contributed by atoms with Crippen LogP contribution in [0.5, 0.6) is 0 Å². The van der Waals surface area contributed by atoms with Crippen LogP contribution in [-0.2, 0) is 13.0 Å². The Bertz CT molecular complexity index is 1060. The van der Waals surface area contributed by atoms with E-state index in [4.69, 9.17) is 4.98 Å². The third kappa shape index (κ3) is 1.86. The predicted molar refractivity (Wildman–Crippen MR) is 100 cm³/mol. The number of hydrogen-bond donors (Lipinski definition) is 0. The summed E-state index contributed by atoms with van der Waals surface area (Å²) in [5.74, 6) is 0.